The van der Waals surface area contributed by atoms with Crippen LogP contribution in [0.3, 0.4) is 0 Å². The predicted molar refractivity (Wildman–Crippen MR) is 118 cm³/mol. The molecular formula is C22H16BrN5O3. The normalized spacial score (nSPS) is 11.2. The number of hydrogen-bond acceptors (Lipinski definition) is 6. The van der Waals surface area contributed by atoms with Crippen molar-refractivity contribution in [3.8, 4) is 28.4 Å². The van der Waals surface area contributed by atoms with Gasteiger partial charge in [-0.2, -0.15) is 10.1 Å². The molecule has 0 N–H and O–H groups in total. The highest BCUT2D eigenvalue weighted by atomic mass is 79.9. The Bertz CT molecular complexity index is 1440. The van der Waals surface area contributed by atoms with Crippen molar-refractivity contribution in [2.75, 3.05) is 7.11 Å². The summed E-state index contributed by atoms with van der Waals surface area (Å²) in [4.78, 5) is 17.4. The summed E-state index contributed by atoms with van der Waals surface area (Å²) in [6, 6.07) is 16.9. The monoisotopic (exact) mass is 477 g/mol. The molecule has 0 radical (unpaired) electrons. The maximum atomic E-state index is 13.0. The van der Waals surface area contributed by atoms with Gasteiger partial charge in [0.1, 0.15) is 17.8 Å². The second-order valence-corrected chi connectivity index (χ2v) is 7.73. The van der Waals surface area contributed by atoms with Crippen LogP contribution in [-0.4, -0.2) is 31.4 Å². The van der Waals surface area contributed by atoms with Crippen LogP contribution in [0.2, 0.25) is 0 Å². The highest BCUT2D eigenvalue weighted by Gasteiger charge is 2.14. The number of fused-ring (bicyclic) bond motifs is 1. The summed E-state index contributed by atoms with van der Waals surface area (Å²) in [5.41, 5.74) is 2.53. The Balaban J connectivity index is 1.47. The third-order valence-electron chi connectivity index (χ3n) is 4.86. The smallest absolute Gasteiger partial charge is 0.277 e. The number of halogens is 1. The van der Waals surface area contributed by atoms with Crippen LogP contribution in [0.5, 0.6) is 5.75 Å². The van der Waals surface area contributed by atoms with Crippen LogP contribution in [0.1, 0.15) is 5.89 Å². The molecule has 0 bridgehead atoms. The molecule has 0 fully saturated rings. The number of para-hydroxylation sites is 1. The number of benzene rings is 2. The molecule has 5 rings (SSSR count). The van der Waals surface area contributed by atoms with E-state index >= 15 is 0 Å². The zero-order valence-corrected chi connectivity index (χ0v) is 18.0. The van der Waals surface area contributed by atoms with Gasteiger partial charge in [0.2, 0.25) is 11.7 Å². The summed E-state index contributed by atoms with van der Waals surface area (Å²) in [5.74, 6) is 1.51. The lowest BCUT2D eigenvalue weighted by Gasteiger charge is -2.04. The minimum atomic E-state index is -0.209. The predicted octanol–water partition coefficient (Wildman–Crippen LogP) is 4.03. The summed E-state index contributed by atoms with van der Waals surface area (Å²) in [6.45, 7) is 0.161. The first-order chi connectivity index (χ1) is 15.1. The molecule has 2 aromatic carbocycles. The fourth-order valence-corrected chi connectivity index (χ4v) is 3.58. The minimum absolute atomic E-state index is 0.161. The minimum Gasteiger partial charge on any atom is -0.496 e. The maximum absolute atomic E-state index is 13.0. The number of hydrogen-bond donors (Lipinski definition) is 0. The average molecular weight is 478 g/mol. The molecule has 0 aliphatic carbocycles. The first-order valence-corrected chi connectivity index (χ1v) is 10.2. The van der Waals surface area contributed by atoms with E-state index in [0.717, 1.165) is 15.6 Å². The molecule has 0 amide bonds. The zero-order valence-electron chi connectivity index (χ0n) is 16.4. The van der Waals surface area contributed by atoms with Gasteiger partial charge in [-0.25, -0.2) is 4.52 Å². The van der Waals surface area contributed by atoms with E-state index in [1.54, 1.807) is 30.1 Å². The van der Waals surface area contributed by atoms with Gasteiger partial charge in [-0.3, -0.25) is 4.79 Å². The molecule has 31 heavy (non-hydrogen) atoms. The Labute approximate surface area is 184 Å². The van der Waals surface area contributed by atoms with Gasteiger partial charge in [0, 0.05) is 28.0 Å². The fraction of sp³-hybridized carbons (Fsp3) is 0.0909. The van der Waals surface area contributed by atoms with Crippen molar-refractivity contribution in [2.24, 2.45) is 0 Å². The number of aromatic nitrogens is 5. The molecule has 3 aromatic heterocycles. The van der Waals surface area contributed by atoms with Gasteiger partial charge in [0.15, 0.2) is 0 Å². The Morgan fingerprint density at radius 3 is 2.71 bits per heavy atom. The van der Waals surface area contributed by atoms with Crippen LogP contribution in [-0.2, 0) is 6.54 Å². The zero-order chi connectivity index (χ0) is 21.4. The number of ether oxygens (including phenoxy) is 1. The molecule has 0 aliphatic heterocycles. The molecule has 9 heteroatoms. The van der Waals surface area contributed by atoms with Crippen LogP contribution in [0.4, 0.5) is 0 Å². The van der Waals surface area contributed by atoms with E-state index in [-0.39, 0.29) is 12.1 Å². The number of methoxy groups -OCH3 is 1. The van der Waals surface area contributed by atoms with Crippen LogP contribution in [0, 0.1) is 0 Å². The van der Waals surface area contributed by atoms with Crippen LogP contribution in [0.15, 0.2) is 80.8 Å². The van der Waals surface area contributed by atoms with Crippen molar-refractivity contribution in [3.63, 3.8) is 0 Å². The Kier molecular flexibility index (Phi) is 4.87. The number of rotatable bonds is 5. The van der Waals surface area contributed by atoms with E-state index < -0.39 is 0 Å². The molecular weight excluding hydrogens is 462 g/mol. The third-order valence-corrected chi connectivity index (χ3v) is 5.39. The largest absolute Gasteiger partial charge is 0.496 e. The van der Waals surface area contributed by atoms with Gasteiger partial charge in [-0.15, -0.1) is 0 Å². The van der Waals surface area contributed by atoms with Gasteiger partial charge >= 0.3 is 0 Å². The molecule has 0 saturated heterocycles. The summed E-state index contributed by atoms with van der Waals surface area (Å²) >= 11 is 3.40. The second-order valence-electron chi connectivity index (χ2n) is 6.81. The quantitative estimate of drug-likeness (QED) is 0.379. The van der Waals surface area contributed by atoms with Crippen molar-refractivity contribution < 1.29 is 9.26 Å². The van der Waals surface area contributed by atoms with Crippen LogP contribution < -0.4 is 10.3 Å². The van der Waals surface area contributed by atoms with Gasteiger partial charge in [0.25, 0.3) is 5.56 Å². The molecule has 0 saturated carbocycles. The van der Waals surface area contributed by atoms with E-state index in [1.165, 1.54) is 4.57 Å². The van der Waals surface area contributed by atoms with Crippen molar-refractivity contribution in [3.05, 3.63) is 87.7 Å². The molecule has 0 atom stereocenters. The van der Waals surface area contributed by atoms with Crippen molar-refractivity contribution >= 4 is 21.4 Å². The maximum Gasteiger partial charge on any atom is 0.277 e. The lowest BCUT2D eigenvalue weighted by molar-refractivity contribution is 0.370. The van der Waals surface area contributed by atoms with Crippen LogP contribution >= 0.6 is 15.9 Å². The summed E-state index contributed by atoms with van der Waals surface area (Å²) in [7, 11) is 1.61. The SMILES string of the molecule is COc1ccccc1-c1cc2c(=O)n(Cc3nc(-c4ccc(Br)cc4)no3)ccn2n1. The standard InChI is InChI=1S/C22H16BrN5O3/c1-30-19-5-3-2-4-16(19)17-12-18-22(29)27(10-11-28(18)25-17)13-20-24-21(26-31-20)14-6-8-15(23)9-7-14/h2-12H,13H2,1H3. The van der Waals surface area contributed by atoms with Gasteiger partial charge in [-0.05, 0) is 42.5 Å². The first kappa shape index (κ1) is 19.3. The first-order valence-electron chi connectivity index (χ1n) is 9.43. The van der Waals surface area contributed by atoms with Gasteiger partial charge in [0.05, 0.1) is 12.8 Å². The summed E-state index contributed by atoms with van der Waals surface area (Å²) in [5, 5.41) is 8.54. The van der Waals surface area contributed by atoms with E-state index in [2.05, 4.69) is 31.2 Å². The van der Waals surface area contributed by atoms with E-state index in [1.807, 2.05) is 48.5 Å². The third kappa shape index (κ3) is 3.64. The van der Waals surface area contributed by atoms with Gasteiger partial charge < -0.3 is 13.8 Å². The van der Waals surface area contributed by atoms with Crippen molar-refractivity contribution in [1.29, 1.82) is 0 Å². The number of nitrogens with zero attached hydrogens (tertiary/aromatic N) is 5. The Hall–Kier alpha value is -3.72. The summed E-state index contributed by atoms with van der Waals surface area (Å²) < 4.78 is 14.8. The summed E-state index contributed by atoms with van der Waals surface area (Å²) in [6.07, 6.45) is 3.37. The Morgan fingerprint density at radius 2 is 1.90 bits per heavy atom. The molecule has 0 aliphatic rings. The lowest BCUT2D eigenvalue weighted by Crippen LogP contribution is -2.21. The molecule has 3 heterocycles. The molecule has 5 aromatic rings. The molecule has 0 unspecified atom stereocenters. The molecule has 0 spiro atoms. The molecule has 154 valence electrons. The highest BCUT2D eigenvalue weighted by Crippen LogP contribution is 2.28. The van der Waals surface area contributed by atoms with E-state index in [0.29, 0.717) is 28.7 Å². The Morgan fingerprint density at radius 1 is 1.10 bits per heavy atom. The lowest BCUT2D eigenvalue weighted by atomic mass is 10.1. The van der Waals surface area contributed by atoms with E-state index in [4.69, 9.17) is 9.26 Å². The topological polar surface area (TPSA) is 87.5 Å². The highest BCUT2D eigenvalue weighted by molar-refractivity contribution is 9.10. The van der Waals surface area contributed by atoms with Crippen molar-refractivity contribution in [1.82, 2.24) is 24.3 Å². The molecule has 8 nitrogen and oxygen atoms in total. The fourth-order valence-electron chi connectivity index (χ4n) is 3.32. The van der Waals surface area contributed by atoms with Crippen molar-refractivity contribution in [2.45, 2.75) is 6.54 Å². The van der Waals surface area contributed by atoms with Gasteiger partial charge in [-0.1, -0.05) is 33.2 Å². The van der Waals surface area contributed by atoms with Crippen LogP contribution in [0.25, 0.3) is 28.2 Å². The second kappa shape index (κ2) is 7.84. The average Bonchev–Trinajstić information content (AvgIpc) is 3.44. The van der Waals surface area contributed by atoms with E-state index in [9.17, 15) is 4.79 Å².